The Hall–Kier alpha value is -0.570. The zero-order valence-electron chi connectivity index (χ0n) is 12.1. The SMILES string of the molecule is CCCNCC(CCCCOC)c1cccc(Cl)c1. The van der Waals surface area contributed by atoms with Crippen molar-refractivity contribution in [3.63, 3.8) is 0 Å². The van der Waals surface area contributed by atoms with Gasteiger partial charge in [0.2, 0.25) is 0 Å². The Morgan fingerprint density at radius 2 is 2.16 bits per heavy atom. The lowest BCUT2D eigenvalue weighted by molar-refractivity contribution is 0.191. The summed E-state index contributed by atoms with van der Waals surface area (Å²) >= 11 is 6.09. The first-order valence-electron chi connectivity index (χ1n) is 7.23. The summed E-state index contributed by atoms with van der Waals surface area (Å²) < 4.78 is 5.11. The molecule has 2 nitrogen and oxygen atoms in total. The number of nitrogens with one attached hydrogen (secondary N) is 1. The Labute approximate surface area is 122 Å². The molecule has 108 valence electrons. The Bertz CT molecular complexity index is 343. The minimum atomic E-state index is 0.544. The maximum Gasteiger partial charge on any atom is 0.0462 e. The van der Waals surface area contributed by atoms with Gasteiger partial charge in [0, 0.05) is 25.3 Å². The summed E-state index contributed by atoms with van der Waals surface area (Å²) in [7, 11) is 1.76. The van der Waals surface area contributed by atoms with Crippen LogP contribution in [-0.4, -0.2) is 26.8 Å². The maximum absolute atomic E-state index is 6.09. The van der Waals surface area contributed by atoms with Crippen molar-refractivity contribution in [1.29, 1.82) is 0 Å². The smallest absolute Gasteiger partial charge is 0.0462 e. The molecule has 1 atom stereocenters. The number of rotatable bonds is 10. The van der Waals surface area contributed by atoms with Gasteiger partial charge in [0.1, 0.15) is 0 Å². The third-order valence-corrected chi connectivity index (χ3v) is 3.52. The largest absolute Gasteiger partial charge is 0.385 e. The second-order valence-corrected chi connectivity index (χ2v) is 5.38. The van der Waals surface area contributed by atoms with Gasteiger partial charge in [-0.2, -0.15) is 0 Å². The molecular weight excluding hydrogens is 258 g/mol. The van der Waals surface area contributed by atoms with E-state index < -0.39 is 0 Å². The van der Waals surface area contributed by atoms with Crippen LogP contribution in [0.25, 0.3) is 0 Å². The predicted molar refractivity (Wildman–Crippen MR) is 83.1 cm³/mol. The Morgan fingerprint density at radius 1 is 1.32 bits per heavy atom. The average Bonchev–Trinajstić information content (AvgIpc) is 2.41. The van der Waals surface area contributed by atoms with Crippen molar-refractivity contribution < 1.29 is 4.74 Å². The molecular formula is C16H26ClNO. The molecule has 0 aliphatic carbocycles. The fourth-order valence-corrected chi connectivity index (χ4v) is 2.44. The molecule has 3 heteroatoms. The van der Waals surface area contributed by atoms with Crippen molar-refractivity contribution in [2.75, 3.05) is 26.8 Å². The van der Waals surface area contributed by atoms with Gasteiger partial charge in [0.05, 0.1) is 0 Å². The van der Waals surface area contributed by atoms with Gasteiger partial charge in [-0.1, -0.05) is 37.1 Å². The molecule has 0 radical (unpaired) electrons. The second-order valence-electron chi connectivity index (χ2n) is 4.94. The molecule has 1 N–H and O–H groups in total. The Kier molecular flexibility index (Phi) is 8.89. The molecule has 0 saturated carbocycles. The van der Waals surface area contributed by atoms with Crippen molar-refractivity contribution in [2.24, 2.45) is 0 Å². The summed E-state index contributed by atoms with van der Waals surface area (Å²) in [4.78, 5) is 0. The highest BCUT2D eigenvalue weighted by Crippen LogP contribution is 2.24. The lowest BCUT2D eigenvalue weighted by atomic mass is 9.93. The van der Waals surface area contributed by atoms with E-state index in [1.807, 2.05) is 12.1 Å². The lowest BCUT2D eigenvalue weighted by Crippen LogP contribution is -2.22. The maximum atomic E-state index is 6.09. The minimum absolute atomic E-state index is 0.544. The molecule has 0 fully saturated rings. The van der Waals surface area contributed by atoms with Gasteiger partial charge in [-0.05, 0) is 49.4 Å². The quantitative estimate of drug-likeness (QED) is 0.649. The van der Waals surface area contributed by atoms with E-state index in [0.29, 0.717) is 5.92 Å². The van der Waals surface area contributed by atoms with E-state index in [-0.39, 0.29) is 0 Å². The van der Waals surface area contributed by atoms with Crippen LogP contribution < -0.4 is 5.32 Å². The summed E-state index contributed by atoms with van der Waals surface area (Å²) in [6.45, 7) is 5.15. The van der Waals surface area contributed by atoms with Crippen LogP contribution in [0.15, 0.2) is 24.3 Å². The summed E-state index contributed by atoms with van der Waals surface area (Å²) in [6, 6.07) is 8.25. The summed E-state index contributed by atoms with van der Waals surface area (Å²) in [5.41, 5.74) is 1.34. The number of ether oxygens (including phenoxy) is 1. The third-order valence-electron chi connectivity index (χ3n) is 3.29. The van der Waals surface area contributed by atoms with Crippen LogP contribution in [0.4, 0.5) is 0 Å². The van der Waals surface area contributed by atoms with Gasteiger partial charge in [0.25, 0.3) is 0 Å². The fourth-order valence-electron chi connectivity index (χ4n) is 2.24. The van der Waals surface area contributed by atoms with Crippen LogP contribution in [0.2, 0.25) is 5.02 Å². The third kappa shape index (κ3) is 6.95. The molecule has 1 aromatic rings. The topological polar surface area (TPSA) is 21.3 Å². The van der Waals surface area contributed by atoms with Crippen LogP contribution in [0, 0.1) is 0 Å². The predicted octanol–water partition coefficient (Wildman–Crippen LogP) is 4.24. The van der Waals surface area contributed by atoms with E-state index in [9.17, 15) is 0 Å². The Morgan fingerprint density at radius 3 is 2.84 bits per heavy atom. The van der Waals surface area contributed by atoms with Crippen molar-refractivity contribution in [1.82, 2.24) is 5.32 Å². The summed E-state index contributed by atoms with van der Waals surface area (Å²) in [6.07, 6.45) is 4.67. The van der Waals surface area contributed by atoms with Crippen molar-refractivity contribution in [3.8, 4) is 0 Å². The van der Waals surface area contributed by atoms with E-state index >= 15 is 0 Å². The second kappa shape index (κ2) is 10.2. The van der Waals surface area contributed by atoms with Crippen LogP contribution >= 0.6 is 11.6 Å². The van der Waals surface area contributed by atoms with Crippen molar-refractivity contribution in [3.05, 3.63) is 34.9 Å². The molecule has 19 heavy (non-hydrogen) atoms. The molecule has 0 aliphatic rings. The number of unbranched alkanes of at least 4 members (excludes halogenated alkanes) is 1. The Balaban J connectivity index is 2.52. The van der Waals surface area contributed by atoms with Gasteiger partial charge < -0.3 is 10.1 Å². The van der Waals surface area contributed by atoms with E-state index in [4.69, 9.17) is 16.3 Å². The normalized spacial score (nSPS) is 12.6. The first-order valence-corrected chi connectivity index (χ1v) is 7.60. The van der Waals surface area contributed by atoms with E-state index in [0.717, 1.165) is 31.1 Å². The molecule has 1 rings (SSSR count). The van der Waals surface area contributed by atoms with E-state index in [1.54, 1.807) is 7.11 Å². The number of halogens is 1. The molecule has 0 spiro atoms. The van der Waals surface area contributed by atoms with Gasteiger partial charge in [-0.15, -0.1) is 0 Å². The highest BCUT2D eigenvalue weighted by atomic mass is 35.5. The van der Waals surface area contributed by atoms with Crippen molar-refractivity contribution in [2.45, 2.75) is 38.5 Å². The molecule has 1 aromatic carbocycles. The average molecular weight is 284 g/mol. The van der Waals surface area contributed by atoms with Crippen LogP contribution in [0.1, 0.15) is 44.1 Å². The minimum Gasteiger partial charge on any atom is -0.385 e. The van der Waals surface area contributed by atoms with E-state index in [1.165, 1.54) is 24.8 Å². The fraction of sp³-hybridized carbons (Fsp3) is 0.625. The van der Waals surface area contributed by atoms with Crippen molar-refractivity contribution >= 4 is 11.6 Å². The molecule has 0 amide bonds. The van der Waals surface area contributed by atoms with Gasteiger partial charge >= 0.3 is 0 Å². The first kappa shape index (κ1) is 16.5. The van der Waals surface area contributed by atoms with Gasteiger partial charge in [-0.3, -0.25) is 0 Å². The van der Waals surface area contributed by atoms with Gasteiger partial charge in [0.15, 0.2) is 0 Å². The lowest BCUT2D eigenvalue weighted by Gasteiger charge is -2.18. The molecule has 0 heterocycles. The highest BCUT2D eigenvalue weighted by Gasteiger charge is 2.11. The number of benzene rings is 1. The standard InChI is InChI=1S/C16H26ClNO/c1-3-10-18-13-15(7-4-5-11-19-2)14-8-6-9-16(17)12-14/h6,8-9,12,15,18H,3-5,7,10-11,13H2,1-2H3. The summed E-state index contributed by atoms with van der Waals surface area (Å²) in [5.74, 6) is 0.544. The number of methoxy groups -OCH3 is 1. The first-order chi connectivity index (χ1) is 9.27. The van der Waals surface area contributed by atoms with Crippen LogP contribution in [-0.2, 0) is 4.74 Å². The summed E-state index contributed by atoms with van der Waals surface area (Å²) in [5, 5.41) is 4.35. The highest BCUT2D eigenvalue weighted by molar-refractivity contribution is 6.30. The zero-order chi connectivity index (χ0) is 13.9. The zero-order valence-corrected chi connectivity index (χ0v) is 12.9. The number of hydrogen-bond acceptors (Lipinski definition) is 2. The molecule has 0 aromatic heterocycles. The number of hydrogen-bond donors (Lipinski definition) is 1. The van der Waals surface area contributed by atoms with Crippen LogP contribution in [0.5, 0.6) is 0 Å². The van der Waals surface area contributed by atoms with Crippen LogP contribution in [0.3, 0.4) is 0 Å². The molecule has 1 unspecified atom stereocenters. The van der Waals surface area contributed by atoms with E-state index in [2.05, 4.69) is 24.4 Å². The molecule has 0 aliphatic heterocycles. The molecule has 0 bridgehead atoms. The molecule has 0 saturated heterocycles. The van der Waals surface area contributed by atoms with Gasteiger partial charge in [-0.25, -0.2) is 0 Å². The monoisotopic (exact) mass is 283 g/mol.